The maximum Gasteiger partial charge on any atom is 0.136 e. The molecule has 1 aromatic heterocycles. The lowest BCUT2D eigenvalue weighted by Gasteiger charge is -2.07. The number of hydrogen-bond acceptors (Lipinski definition) is 3. The van der Waals surface area contributed by atoms with E-state index in [-0.39, 0.29) is 5.41 Å². The van der Waals surface area contributed by atoms with Crippen LogP contribution in [-0.4, -0.2) is 11.4 Å². The highest BCUT2D eigenvalue weighted by atomic mass is 16.5. The first-order chi connectivity index (χ1) is 6.85. The normalized spacial score (nSPS) is 33.1. The molecule has 1 aliphatic carbocycles. The third-order valence-electron chi connectivity index (χ3n) is 3.15. The molecular formula is C11H12N2O. The minimum atomic E-state index is 0.0751. The van der Waals surface area contributed by atoms with Crippen LogP contribution in [0, 0.1) is 5.92 Å². The van der Waals surface area contributed by atoms with E-state index < -0.39 is 0 Å². The van der Waals surface area contributed by atoms with Gasteiger partial charge < -0.3 is 4.52 Å². The second-order valence-electron chi connectivity index (χ2n) is 4.00. The second kappa shape index (κ2) is 2.56. The molecular weight excluding hydrogens is 176 g/mol. The van der Waals surface area contributed by atoms with E-state index in [0.29, 0.717) is 5.92 Å². The Morgan fingerprint density at radius 2 is 2.57 bits per heavy atom. The molecule has 1 aromatic rings. The van der Waals surface area contributed by atoms with E-state index in [0.717, 1.165) is 24.3 Å². The fourth-order valence-electron chi connectivity index (χ4n) is 2.08. The summed E-state index contributed by atoms with van der Waals surface area (Å²) < 4.78 is 5.22. The predicted molar refractivity (Wildman–Crippen MR) is 53.3 cm³/mol. The molecule has 3 nitrogen and oxygen atoms in total. The molecule has 2 atom stereocenters. The van der Waals surface area contributed by atoms with Crippen LogP contribution < -0.4 is 0 Å². The zero-order chi connectivity index (χ0) is 9.60. The van der Waals surface area contributed by atoms with Crippen molar-refractivity contribution < 1.29 is 4.52 Å². The maximum atomic E-state index is 5.22. The first kappa shape index (κ1) is 7.97. The number of fused-ring (bicyclic) bond motifs is 1. The molecule has 0 amide bonds. The van der Waals surface area contributed by atoms with Crippen molar-refractivity contribution in [1.29, 1.82) is 0 Å². The number of hydrogen-bond donors (Lipinski definition) is 0. The summed E-state index contributed by atoms with van der Waals surface area (Å²) in [6.07, 6.45) is 8.06. The molecule has 72 valence electrons. The highest BCUT2D eigenvalue weighted by Crippen LogP contribution is 2.54. The molecule has 14 heavy (non-hydrogen) atoms. The lowest BCUT2D eigenvalue weighted by Crippen LogP contribution is -2.13. The Labute approximate surface area is 82.5 Å². The van der Waals surface area contributed by atoms with Crippen LogP contribution in [0.2, 0.25) is 0 Å². The molecule has 2 aliphatic rings. The summed E-state index contributed by atoms with van der Waals surface area (Å²) >= 11 is 0. The van der Waals surface area contributed by atoms with Crippen LogP contribution in [0.5, 0.6) is 0 Å². The molecule has 0 radical (unpaired) electrons. The van der Waals surface area contributed by atoms with E-state index >= 15 is 0 Å². The smallest absolute Gasteiger partial charge is 0.136 e. The van der Waals surface area contributed by atoms with Crippen molar-refractivity contribution in [2.24, 2.45) is 10.9 Å². The summed E-state index contributed by atoms with van der Waals surface area (Å²) in [6.45, 7) is 2.07. The van der Waals surface area contributed by atoms with Gasteiger partial charge in [0.05, 0.1) is 11.1 Å². The van der Waals surface area contributed by atoms with Gasteiger partial charge in [-0.15, -0.1) is 0 Å². The van der Waals surface area contributed by atoms with E-state index in [2.05, 4.69) is 29.2 Å². The zero-order valence-electron chi connectivity index (χ0n) is 8.10. The Morgan fingerprint density at radius 1 is 1.64 bits per heavy atom. The SMILES string of the molecule is CCc1cc(C23C=NC=CC2C3)no1. The van der Waals surface area contributed by atoms with Crippen molar-refractivity contribution in [1.82, 2.24) is 5.16 Å². The summed E-state index contributed by atoms with van der Waals surface area (Å²) in [5.41, 5.74) is 1.12. The van der Waals surface area contributed by atoms with Crippen molar-refractivity contribution in [2.45, 2.75) is 25.2 Å². The monoisotopic (exact) mass is 188 g/mol. The quantitative estimate of drug-likeness (QED) is 0.712. The van der Waals surface area contributed by atoms with Gasteiger partial charge in [-0.2, -0.15) is 0 Å². The number of allylic oxidation sites excluding steroid dienone is 1. The van der Waals surface area contributed by atoms with E-state index in [4.69, 9.17) is 4.52 Å². The Morgan fingerprint density at radius 3 is 3.29 bits per heavy atom. The van der Waals surface area contributed by atoms with Crippen LogP contribution in [0.3, 0.4) is 0 Å². The molecule has 0 aromatic carbocycles. The van der Waals surface area contributed by atoms with Crippen LogP contribution in [0.1, 0.15) is 24.8 Å². The molecule has 1 saturated carbocycles. The first-order valence-corrected chi connectivity index (χ1v) is 5.02. The second-order valence-corrected chi connectivity index (χ2v) is 4.00. The van der Waals surface area contributed by atoms with Crippen LogP contribution in [0.4, 0.5) is 0 Å². The minimum Gasteiger partial charge on any atom is -0.361 e. The number of aromatic nitrogens is 1. The van der Waals surface area contributed by atoms with E-state index in [1.807, 2.05) is 12.4 Å². The Hall–Kier alpha value is -1.38. The van der Waals surface area contributed by atoms with Crippen LogP contribution >= 0.6 is 0 Å². The first-order valence-electron chi connectivity index (χ1n) is 5.02. The average molecular weight is 188 g/mol. The van der Waals surface area contributed by atoms with Crippen molar-refractivity contribution in [3.63, 3.8) is 0 Å². The Balaban J connectivity index is 1.97. The van der Waals surface area contributed by atoms with Crippen molar-refractivity contribution in [2.75, 3.05) is 0 Å². The van der Waals surface area contributed by atoms with Gasteiger partial charge in [0, 0.05) is 24.9 Å². The average Bonchev–Trinajstić information content (AvgIpc) is 2.78. The minimum absolute atomic E-state index is 0.0751. The fourth-order valence-corrected chi connectivity index (χ4v) is 2.08. The molecule has 3 rings (SSSR count). The van der Waals surface area contributed by atoms with Crippen LogP contribution in [-0.2, 0) is 11.8 Å². The van der Waals surface area contributed by atoms with Gasteiger partial charge in [0.2, 0.25) is 0 Å². The summed E-state index contributed by atoms with van der Waals surface area (Å²) in [7, 11) is 0. The zero-order valence-corrected chi connectivity index (χ0v) is 8.10. The predicted octanol–water partition coefficient (Wildman–Crippen LogP) is 2.09. The third kappa shape index (κ3) is 0.924. The summed E-state index contributed by atoms with van der Waals surface area (Å²) in [5.74, 6) is 1.55. The molecule has 0 N–H and O–H groups in total. The molecule has 0 spiro atoms. The van der Waals surface area contributed by atoms with Gasteiger partial charge in [-0.1, -0.05) is 18.2 Å². The van der Waals surface area contributed by atoms with Crippen molar-refractivity contribution in [3.05, 3.63) is 29.8 Å². The largest absolute Gasteiger partial charge is 0.361 e. The molecule has 1 fully saturated rings. The van der Waals surface area contributed by atoms with E-state index in [9.17, 15) is 0 Å². The highest BCUT2D eigenvalue weighted by Gasteiger charge is 2.55. The standard InChI is InChI=1S/C11H12N2O/c1-2-9-5-10(13-14-9)11-6-8(11)3-4-12-7-11/h3-5,7-8H,2,6H2,1H3. The molecule has 0 saturated heterocycles. The van der Waals surface area contributed by atoms with Gasteiger partial charge in [0.15, 0.2) is 0 Å². The summed E-state index contributed by atoms with van der Waals surface area (Å²) in [6, 6.07) is 2.06. The molecule has 3 heteroatoms. The van der Waals surface area contributed by atoms with Crippen LogP contribution in [0.15, 0.2) is 27.9 Å². The van der Waals surface area contributed by atoms with Crippen molar-refractivity contribution in [3.8, 4) is 0 Å². The molecule has 2 heterocycles. The third-order valence-corrected chi connectivity index (χ3v) is 3.15. The van der Waals surface area contributed by atoms with E-state index in [1.165, 1.54) is 0 Å². The lowest BCUT2D eigenvalue weighted by atomic mass is 9.99. The molecule has 2 unspecified atom stereocenters. The van der Waals surface area contributed by atoms with Gasteiger partial charge in [-0.05, 0) is 12.3 Å². The Bertz CT molecular complexity index is 419. The van der Waals surface area contributed by atoms with Gasteiger partial charge in [-0.25, -0.2) is 0 Å². The van der Waals surface area contributed by atoms with Crippen LogP contribution in [0.25, 0.3) is 0 Å². The lowest BCUT2D eigenvalue weighted by molar-refractivity contribution is 0.378. The van der Waals surface area contributed by atoms with Gasteiger partial charge in [0.25, 0.3) is 0 Å². The summed E-state index contributed by atoms with van der Waals surface area (Å²) in [4.78, 5) is 4.20. The van der Waals surface area contributed by atoms with Gasteiger partial charge in [-0.3, -0.25) is 4.99 Å². The highest BCUT2D eigenvalue weighted by molar-refractivity contribution is 5.80. The topological polar surface area (TPSA) is 38.4 Å². The number of aryl methyl sites for hydroxylation is 1. The Kier molecular flexibility index (Phi) is 1.46. The van der Waals surface area contributed by atoms with Gasteiger partial charge >= 0.3 is 0 Å². The molecule has 1 aliphatic heterocycles. The summed E-state index contributed by atoms with van der Waals surface area (Å²) in [5, 5.41) is 4.12. The maximum absolute atomic E-state index is 5.22. The molecule has 0 bridgehead atoms. The van der Waals surface area contributed by atoms with Gasteiger partial charge in [0.1, 0.15) is 5.76 Å². The number of nitrogens with zero attached hydrogens (tertiary/aromatic N) is 2. The number of rotatable bonds is 2. The number of aliphatic imine (C=N–C) groups is 1. The van der Waals surface area contributed by atoms with Crippen molar-refractivity contribution >= 4 is 6.21 Å². The van der Waals surface area contributed by atoms with E-state index in [1.54, 1.807) is 0 Å². The fraction of sp³-hybridized carbons (Fsp3) is 0.455.